The number of amides is 1. The van der Waals surface area contributed by atoms with Crippen molar-refractivity contribution in [2.45, 2.75) is 6.92 Å². The number of rotatable bonds is 4. The van der Waals surface area contributed by atoms with Gasteiger partial charge in [-0.2, -0.15) is 9.19 Å². The monoisotopic (exact) mass is 319 g/mol. The van der Waals surface area contributed by atoms with Gasteiger partial charge in [-0.05, 0) is 19.1 Å². The summed E-state index contributed by atoms with van der Waals surface area (Å²) in [5.74, 6) is -0.705. The smallest absolute Gasteiger partial charge is 0.253 e. The third-order valence-corrected chi connectivity index (χ3v) is 4.65. The maximum atomic E-state index is 11.8. The molecule has 0 aromatic carbocycles. The number of hydrogen-bond donors (Lipinski definition) is 1. The first-order valence-electron chi connectivity index (χ1n) is 6.28. The second-order valence-electron chi connectivity index (χ2n) is 4.45. The van der Waals surface area contributed by atoms with Gasteiger partial charge in [-0.3, -0.25) is 4.79 Å². The van der Waals surface area contributed by atoms with Gasteiger partial charge in [-0.25, -0.2) is 17.9 Å². The highest BCUT2D eigenvalue weighted by Gasteiger charge is 2.17. The normalized spacial score (nSPS) is 11.9. The van der Waals surface area contributed by atoms with Crippen LogP contribution in [-0.4, -0.2) is 43.9 Å². The largest absolute Gasteiger partial charge is 0.365 e. The fourth-order valence-corrected chi connectivity index (χ4v) is 2.72. The van der Waals surface area contributed by atoms with E-state index in [1.807, 2.05) is 0 Å². The Balaban J connectivity index is 2.18. The number of hydrogen-bond acceptors (Lipinski definition) is 6. The summed E-state index contributed by atoms with van der Waals surface area (Å²) in [5, 5.41) is 7.77. The summed E-state index contributed by atoms with van der Waals surface area (Å²) < 4.78 is 25.9. The van der Waals surface area contributed by atoms with Gasteiger partial charge in [0.05, 0.1) is 29.4 Å². The van der Waals surface area contributed by atoms with Gasteiger partial charge >= 0.3 is 0 Å². The van der Waals surface area contributed by atoms with E-state index < -0.39 is 15.9 Å². The molecule has 0 aliphatic carbocycles. The average molecular weight is 319 g/mol. The summed E-state index contributed by atoms with van der Waals surface area (Å²) in [4.78, 5) is 15.2. The van der Waals surface area contributed by atoms with Crippen LogP contribution in [-0.2, 0) is 10.0 Å². The summed E-state index contributed by atoms with van der Waals surface area (Å²) in [6, 6.07) is 3.09. The van der Waals surface area contributed by atoms with Crippen LogP contribution in [0, 0.1) is 6.33 Å². The molecule has 9 nitrogen and oxygen atoms in total. The van der Waals surface area contributed by atoms with E-state index in [1.54, 1.807) is 6.07 Å². The number of nitrogens with two attached hydrogens (primary N) is 1. The first-order chi connectivity index (χ1) is 10.4. The van der Waals surface area contributed by atoms with E-state index in [-0.39, 0.29) is 17.0 Å². The van der Waals surface area contributed by atoms with Crippen LogP contribution in [0.5, 0.6) is 0 Å². The van der Waals surface area contributed by atoms with Gasteiger partial charge in [0.15, 0.2) is 5.65 Å². The molecule has 3 heterocycles. The van der Waals surface area contributed by atoms with Crippen LogP contribution in [0.15, 0.2) is 24.5 Å². The van der Waals surface area contributed by atoms with Gasteiger partial charge in [0.25, 0.3) is 15.9 Å². The van der Waals surface area contributed by atoms with Gasteiger partial charge in [0.1, 0.15) is 0 Å². The molecule has 0 saturated heterocycles. The first kappa shape index (κ1) is 14.2. The maximum absolute atomic E-state index is 11.8. The predicted octanol–water partition coefficient (Wildman–Crippen LogP) is -0.310. The Bertz CT molecular complexity index is 972. The molecule has 2 N–H and O–H groups in total. The average Bonchev–Trinajstić information content (AvgIpc) is 3.15. The van der Waals surface area contributed by atoms with Crippen molar-refractivity contribution in [1.29, 1.82) is 0 Å². The Morgan fingerprint density at radius 1 is 1.41 bits per heavy atom. The summed E-state index contributed by atoms with van der Waals surface area (Å²) >= 11 is 0. The molecule has 0 atom stereocenters. The van der Waals surface area contributed by atoms with Crippen LogP contribution in [0.2, 0.25) is 0 Å². The van der Waals surface area contributed by atoms with Crippen LogP contribution in [0.4, 0.5) is 0 Å². The van der Waals surface area contributed by atoms with Crippen molar-refractivity contribution >= 4 is 21.6 Å². The quantitative estimate of drug-likeness (QED) is 0.703. The van der Waals surface area contributed by atoms with Crippen LogP contribution in [0.3, 0.4) is 0 Å². The van der Waals surface area contributed by atoms with Crippen molar-refractivity contribution in [3.63, 3.8) is 0 Å². The van der Waals surface area contributed by atoms with Crippen LogP contribution >= 0.6 is 0 Å². The van der Waals surface area contributed by atoms with Crippen LogP contribution in [0.25, 0.3) is 16.9 Å². The highest BCUT2D eigenvalue weighted by molar-refractivity contribution is 7.89. The lowest BCUT2D eigenvalue weighted by atomic mass is 10.2. The lowest BCUT2D eigenvalue weighted by molar-refractivity contribution is 0.100. The molecule has 22 heavy (non-hydrogen) atoms. The third-order valence-electron chi connectivity index (χ3n) is 3.15. The topological polar surface area (TPSA) is 125 Å². The number of aromatic nitrogens is 5. The summed E-state index contributed by atoms with van der Waals surface area (Å²) in [6.45, 7) is 1.53. The van der Waals surface area contributed by atoms with Gasteiger partial charge < -0.3 is 5.73 Å². The van der Waals surface area contributed by atoms with E-state index in [2.05, 4.69) is 21.5 Å². The lowest BCUT2D eigenvalue weighted by Crippen LogP contribution is -2.15. The number of fused-ring (bicyclic) bond motifs is 1. The lowest BCUT2D eigenvalue weighted by Gasteiger charge is -2.04. The zero-order valence-electron chi connectivity index (χ0n) is 11.5. The Morgan fingerprint density at radius 3 is 2.86 bits per heavy atom. The van der Waals surface area contributed by atoms with E-state index in [1.165, 1.54) is 29.9 Å². The standard InChI is InChI=1S/C12H11N6O3S/c1-2-22(20,21)17-6-8(5-15-17)10-4-3-9(11(13)19)12-14-7-16-18(10)12/h3-6H,2H2,1H3,(H2,13,19). The number of primary amides is 1. The molecule has 1 amide bonds. The minimum Gasteiger partial charge on any atom is -0.365 e. The molecule has 3 aromatic rings. The molecule has 0 spiro atoms. The van der Waals surface area contributed by atoms with Crippen molar-refractivity contribution in [2.24, 2.45) is 5.73 Å². The molecule has 0 saturated carbocycles. The van der Waals surface area contributed by atoms with Crippen LogP contribution < -0.4 is 5.73 Å². The highest BCUT2D eigenvalue weighted by Crippen LogP contribution is 2.21. The molecule has 3 rings (SSSR count). The van der Waals surface area contributed by atoms with Crippen molar-refractivity contribution < 1.29 is 13.2 Å². The van der Waals surface area contributed by atoms with Gasteiger partial charge in [-0.15, -0.1) is 5.10 Å². The predicted molar refractivity (Wildman–Crippen MR) is 76.4 cm³/mol. The Hall–Kier alpha value is -2.75. The Morgan fingerprint density at radius 2 is 2.18 bits per heavy atom. The molecule has 0 aliphatic heterocycles. The third kappa shape index (κ3) is 2.13. The molecule has 113 valence electrons. The fourth-order valence-electron chi connectivity index (χ4n) is 1.99. The second kappa shape index (κ2) is 4.91. The number of carbonyl (C=O) groups excluding carboxylic acids is 1. The highest BCUT2D eigenvalue weighted by atomic mass is 32.2. The van der Waals surface area contributed by atoms with Crippen molar-refractivity contribution in [1.82, 2.24) is 23.8 Å². The summed E-state index contributed by atoms with van der Waals surface area (Å²) in [7, 11) is -3.47. The molecule has 0 fully saturated rings. The van der Waals surface area contributed by atoms with E-state index >= 15 is 0 Å². The van der Waals surface area contributed by atoms with E-state index in [0.29, 0.717) is 11.3 Å². The Kier molecular flexibility index (Phi) is 3.17. The second-order valence-corrected chi connectivity index (χ2v) is 6.56. The minimum atomic E-state index is -3.47. The van der Waals surface area contributed by atoms with E-state index in [9.17, 15) is 13.2 Å². The molecule has 0 unspecified atom stereocenters. The first-order valence-corrected chi connectivity index (χ1v) is 7.89. The molecule has 0 bridgehead atoms. The molecular weight excluding hydrogens is 308 g/mol. The van der Waals surface area contributed by atoms with Gasteiger partial charge in [0, 0.05) is 5.56 Å². The maximum Gasteiger partial charge on any atom is 0.253 e. The van der Waals surface area contributed by atoms with Crippen molar-refractivity contribution in [3.8, 4) is 11.3 Å². The zero-order valence-corrected chi connectivity index (χ0v) is 12.3. The van der Waals surface area contributed by atoms with E-state index in [4.69, 9.17) is 5.73 Å². The van der Waals surface area contributed by atoms with Gasteiger partial charge in [0.2, 0.25) is 6.33 Å². The molecule has 3 aromatic heterocycles. The zero-order chi connectivity index (χ0) is 15.9. The summed E-state index contributed by atoms with van der Waals surface area (Å²) in [5.41, 5.74) is 6.75. The Labute approximate surface area is 125 Å². The molecule has 0 aliphatic rings. The molecular formula is C12H11N6O3S. The van der Waals surface area contributed by atoms with E-state index in [0.717, 1.165) is 4.09 Å². The van der Waals surface area contributed by atoms with Crippen LogP contribution in [0.1, 0.15) is 17.3 Å². The SMILES string of the molecule is CCS(=O)(=O)n1cc(-c2ccc(C(N)=O)c3n[c]nn23)cn1. The number of pyridine rings is 1. The van der Waals surface area contributed by atoms with Crippen molar-refractivity contribution in [2.75, 3.05) is 5.75 Å². The van der Waals surface area contributed by atoms with Crippen molar-refractivity contribution in [3.05, 3.63) is 36.4 Å². The fraction of sp³-hybridized carbons (Fsp3) is 0.167. The molecule has 1 radical (unpaired) electrons. The summed E-state index contributed by atoms with van der Waals surface area (Å²) in [6.07, 6.45) is 5.17. The number of carbonyl (C=O) groups is 1. The van der Waals surface area contributed by atoms with Gasteiger partial charge in [-0.1, -0.05) is 0 Å². The number of nitrogens with zero attached hydrogens (tertiary/aromatic N) is 5. The minimum absolute atomic E-state index is 0.0682. The molecule has 10 heteroatoms.